The number of fused-ring (bicyclic) bond motifs is 1. The first-order valence-corrected chi connectivity index (χ1v) is 7.45. The van der Waals surface area contributed by atoms with Gasteiger partial charge in [-0.15, -0.1) is 11.3 Å². The molecular weight excluding hydrogens is 272 g/mol. The number of halogens is 1. The van der Waals surface area contributed by atoms with Gasteiger partial charge in [0.1, 0.15) is 0 Å². The van der Waals surface area contributed by atoms with E-state index in [1.807, 2.05) is 23.1 Å². The van der Waals surface area contributed by atoms with E-state index in [-0.39, 0.29) is 12.4 Å². The number of rotatable bonds is 2. The number of benzene rings is 1. The second kappa shape index (κ2) is 6.05. The van der Waals surface area contributed by atoms with Crippen molar-refractivity contribution in [3.8, 4) is 0 Å². The molecule has 0 spiro atoms. The van der Waals surface area contributed by atoms with Crippen LogP contribution in [0.1, 0.15) is 12.8 Å². The van der Waals surface area contributed by atoms with Crippen LogP contribution in [0.4, 0.5) is 0 Å². The average molecular weight is 287 g/mol. The fraction of sp³-hybridized carbons (Fsp3) is 0.417. The SMILES string of the molecule is [Cl-].c1ccc2sc(SC3CC[NH2+]CC3)nc2c1. The zero-order valence-corrected chi connectivity index (χ0v) is 11.8. The summed E-state index contributed by atoms with van der Waals surface area (Å²) in [6, 6.07) is 8.41. The Labute approximate surface area is 116 Å². The molecule has 2 N–H and O–H groups in total. The van der Waals surface area contributed by atoms with Gasteiger partial charge in [-0.2, -0.15) is 0 Å². The summed E-state index contributed by atoms with van der Waals surface area (Å²) in [5.74, 6) is 0. The zero-order chi connectivity index (χ0) is 10.8. The number of thiazole rings is 1. The topological polar surface area (TPSA) is 29.5 Å². The fourth-order valence-corrected chi connectivity index (χ4v) is 4.57. The number of para-hydroxylation sites is 1. The third kappa shape index (κ3) is 3.13. The third-order valence-corrected chi connectivity index (χ3v) is 5.39. The summed E-state index contributed by atoms with van der Waals surface area (Å²) in [4.78, 5) is 4.68. The largest absolute Gasteiger partial charge is 1.00 e. The number of nitrogens with zero attached hydrogens (tertiary/aromatic N) is 1. The van der Waals surface area contributed by atoms with Crippen LogP contribution in [0, 0.1) is 0 Å². The molecule has 0 bridgehead atoms. The van der Waals surface area contributed by atoms with Gasteiger partial charge in [0.05, 0.1) is 23.3 Å². The number of aromatic nitrogens is 1. The quantitative estimate of drug-likeness (QED) is 0.777. The summed E-state index contributed by atoms with van der Waals surface area (Å²) in [5, 5.41) is 3.20. The first-order valence-electron chi connectivity index (χ1n) is 5.76. The molecule has 1 aliphatic rings. The van der Waals surface area contributed by atoms with Gasteiger partial charge in [-0.1, -0.05) is 23.9 Å². The highest BCUT2D eigenvalue weighted by molar-refractivity contribution is 8.01. The second-order valence-corrected chi connectivity index (χ2v) is 6.71. The van der Waals surface area contributed by atoms with Crippen LogP contribution >= 0.6 is 23.1 Å². The minimum absolute atomic E-state index is 0. The molecule has 0 radical (unpaired) electrons. The summed E-state index contributed by atoms with van der Waals surface area (Å²) < 4.78 is 2.56. The Morgan fingerprint density at radius 1 is 1.24 bits per heavy atom. The molecule has 1 aromatic carbocycles. The lowest BCUT2D eigenvalue weighted by molar-refractivity contribution is -0.661. The minimum atomic E-state index is 0. The molecule has 17 heavy (non-hydrogen) atoms. The maximum Gasteiger partial charge on any atom is 0.151 e. The van der Waals surface area contributed by atoms with Crippen LogP contribution in [0.5, 0.6) is 0 Å². The summed E-state index contributed by atoms with van der Waals surface area (Å²) in [5.41, 5.74) is 1.15. The highest BCUT2D eigenvalue weighted by atomic mass is 35.5. The monoisotopic (exact) mass is 286 g/mol. The summed E-state index contributed by atoms with van der Waals surface area (Å²) >= 11 is 3.81. The Balaban J connectivity index is 0.00000108. The van der Waals surface area contributed by atoms with Crippen LogP contribution in [0.25, 0.3) is 10.2 Å². The van der Waals surface area contributed by atoms with Gasteiger partial charge in [0.25, 0.3) is 0 Å². The molecule has 5 heteroatoms. The van der Waals surface area contributed by atoms with Crippen molar-refractivity contribution in [2.75, 3.05) is 13.1 Å². The van der Waals surface area contributed by atoms with Crippen LogP contribution in [0.2, 0.25) is 0 Å². The maximum absolute atomic E-state index is 4.68. The van der Waals surface area contributed by atoms with E-state index in [1.165, 1.54) is 35.0 Å². The van der Waals surface area contributed by atoms with E-state index in [0.29, 0.717) is 0 Å². The Bertz CT molecular complexity index is 447. The van der Waals surface area contributed by atoms with E-state index in [2.05, 4.69) is 34.6 Å². The first-order chi connectivity index (χ1) is 7.92. The molecule has 2 aromatic rings. The molecule has 3 rings (SSSR count). The molecule has 2 nitrogen and oxygen atoms in total. The predicted molar refractivity (Wildman–Crippen MR) is 70.2 cm³/mol. The van der Waals surface area contributed by atoms with Crippen LogP contribution in [-0.4, -0.2) is 23.3 Å². The zero-order valence-electron chi connectivity index (χ0n) is 9.43. The van der Waals surface area contributed by atoms with E-state index in [1.54, 1.807) is 0 Å². The molecule has 1 fully saturated rings. The molecule has 0 unspecified atom stereocenters. The Kier molecular flexibility index (Phi) is 4.68. The molecule has 0 atom stereocenters. The van der Waals surface area contributed by atoms with Crippen LogP contribution in [-0.2, 0) is 0 Å². The molecule has 0 saturated carbocycles. The molecule has 1 aromatic heterocycles. The van der Waals surface area contributed by atoms with Gasteiger partial charge in [-0.25, -0.2) is 4.98 Å². The maximum atomic E-state index is 4.68. The summed E-state index contributed by atoms with van der Waals surface area (Å²) in [6.45, 7) is 2.56. The standard InChI is InChI=1S/C12H14N2S2.ClH/c1-2-4-11-10(3-1)14-12(16-11)15-9-5-7-13-8-6-9;/h1-4,9,13H,5-8H2;1H. The predicted octanol–water partition coefficient (Wildman–Crippen LogP) is -0.882. The first kappa shape index (κ1) is 13.1. The van der Waals surface area contributed by atoms with Crippen molar-refractivity contribution in [2.45, 2.75) is 22.4 Å². The smallest absolute Gasteiger partial charge is 0.151 e. The van der Waals surface area contributed by atoms with E-state index in [0.717, 1.165) is 10.8 Å². The normalized spacial score (nSPS) is 16.9. The molecule has 0 aliphatic carbocycles. The van der Waals surface area contributed by atoms with Crippen LogP contribution in [0.3, 0.4) is 0 Å². The third-order valence-electron chi connectivity index (χ3n) is 2.93. The number of piperidine rings is 1. The van der Waals surface area contributed by atoms with Gasteiger partial charge in [-0.3, -0.25) is 0 Å². The van der Waals surface area contributed by atoms with Crippen molar-refractivity contribution in [3.05, 3.63) is 24.3 Å². The highest BCUT2D eigenvalue weighted by Gasteiger charge is 2.18. The van der Waals surface area contributed by atoms with Crippen molar-refractivity contribution >= 4 is 33.3 Å². The minimum Gasteiger partial charge on any atom is -1.00 e. The highest BCUT2D eigenvalue weighted by Crippen LogP contribution is 2.34. The number of hydrogen-bond donors (Lipinski definition) is 1. The van der Waals surface area contributed by atoms with E-state index >= 15 is 0 Å². The summed E-state index contributed by atoms with van der Waals surface area (Å²) in [6.07, 6.45) is 2.64. The number of hydrogen-bond acceptors (Lipinski definition) is 3. The van der Waals surface area contributed by atoms with Crippen molar-refractivity contribution < 1.29 is 17.7 Å². The Hall–Kier alpha value is -0.290. The molecule has 1 aliphatic heterocycles. The van der Waals surface area contributed by atoms with E-state index < -0.39 is 0 Å². The lowest BCUT2D eigenvalue weighted by Crippen LogP contribution is -3.00. The molecule has 0 amide bonds. The molecule has 1 saturated heterocycles. The lowest BCUT2D eigenvalue weighted by Gasteiger charge is -2.18. The number of nitrogens with two attached hydrogens (primary N) is 1. The fourth-order valence-electron chi connectivity index (χ4n) is 2.06. The van der Waals surface area contributed by atoms with Gasteiger partial charge < -0.3 is 17.7 Å². The van der Waals surface area contributed by atoms with E-state index in [9.17, 15) is 0 Å². The molecule has 2 heterocycles. The lowest BCUT2D eigenvalue weighted by atomic mass is 10.2. The molecular formula is C12H15ClN2S2. The van der Waals surface area contributed by atoms with E-state index in [4.69, 9.17) is 0 Å². The second-order valence-electron chi connectivity index (χ2n) is 4.13. The van der Waals surface area contributed by atoms with Gasteiger partial charge in [0.2, 0.25) is 0 Å². The van der Waals surface area contributed by atoms with Crippen molar-refractivity contribution in [1.29, 1.82) is 0 Å². The number of quaternary nitrogens is 1. The van der Waals surface area contributed by atoms with Gasteiger partial charge >= 0.3 is 0 Å². The van der Waals surface area contributed by atoms with Gasteiger partial charge in [0.15, 0.2) is 4.34 Å². The number of thioether (sulfide) groups is 1. The Morgan fingerprint density at radius 2 is 2.00 bits per heavy atom. The van der Waals surface area contributed by atoms with Crippen molar-refractivity contribution in [2.24, 2.45) is 0 Å². The molecule has 92 valence electrons. The van der Waals surface area contributed by atoms with Crippen LogP contribution in [0.15, 0.2) is 28.6 Å². The van der Waals surface area contributed by atoms with Gasteiger partial charge in [-0.05, 0) is 12.1 Å². The van der Waals surface area contributed by atoms with Crippen LogP contribution < -0.4 is 17.7 Å². The van der Waals surface area contributed by atoms with Crippen molar-refractivity contribution in [3.63, 3.8) is 0 Å². The van der Waals surface area contributed by atoms with Crippen molar-refractivity contribution in [1.82, 2.24) is 4.98 Å². The van der Waals surface area contributed by atoms with Gasteiger partial charge in [0, 0.05) is 18.1 Å². The average Bonchev–Trinajstić information content (AvgIpc) is 2.72. The summed E-state index contributed by atoms with van der Waals surface area (Å²) in [7, 11) is 0. The Morgan fingerprint density at radius 3 is 2.76 bits per heavy atom.